The van der Waals surface area contributed by atoms with Crippen LogP contribution in [0.25, 0.3) is 6.08 Å². The van der Waals surface area contributed by atoms with Gasteiger partial charge in [0.15, 0.2) is 0 Å². The standard InChI is InChI=1S/C20H17Br2ClN2O2/c1-12(2)25-20(26)15(10-24)7-13-8-16(21)19(17(22)9-13)27-11-14-5-3-4-6-18(14)23/h3-9,12H,11H2,1-2H3,(H,25,26)/b15-7-. The van der Waals surface area contributed by atoms with Gasteiger partial charge in [0.05, 0.1) is 8.95 Å². The van der Waals surface area contributed by atoms with Crippen LogP contribution < -0.4 is 10.1 Å². The fourth-order valence-electron chi connectivity index (χ4n) is 2.22. The van der Waals surface area contributed by atoms with E-state index in [1.807, 2.05) is 44.2 Å². The zero-order valence-electron chi connectivity index (χ0n) is 14.7. The van der Waals surface area contributed by atoms with E-state index in [1.54, 1.807) is 12.1 Å². The molecule has 2 aromatic carbocycles. The smallest absolute Gasteiger partial charge is 0.262 e. The number of nitrogens with one attached hydrogen (secondary N) is 1. The summed E-state index contributed by atoms with van der Waals surface area (Å²) in [6, 6.07) is 12.9. The van der Waals surface area contributed by atoms with E-state index in [-0.39, 0.29) is 11.6 Å². The average molecular weight is 513 g/mol. The summed E-state index contributed by atoms with van der Waals surface area (Å²) in [5.41, 5.74) is 1.60. The Morgan fingerprint density at radius 2 is 1.93 bits per heavy atom. The molecule has 7 heteroatoms. The highest BCUT2D eigenvalue weighted by molar-refractivity contribution is 9.11. The molecule has 4 nitrogen and oxygen atoms in total. The van der Waals surface area contributed by atoms with Crippen molar-refractivity contribution in [3.8, 4) is 11.8 Å². The van der Waals surface area contributed by atoms with Crippen LogP contribution in [0, 0.1) is 11.3 Å². The third kappa shape index (κ3) is 6.10. The first-order chi connectivity index (χ1) is 12.8. The predicted octanol–water partition coefficient (Wildman–Crippen LogP) is 5.88. The van der Waals surface area contributed by atoms with Crippen LogP contribution in [-0.2, 0) is 11.4 Å². The number of halogens is 3. The van der Waals surface area contributed by atoms with Gasteiger partial charge in [0.2, 0.25) is 0 Å². The molecule has 0 saturated carbocycles. The van der Waals surface area contributed by atoms with E-state index < -0.39 is 5.91 Å². The fourth-order valence-corrected chi connectivity index (χ4v) is 3.86. The molecule has 1 amide bonds. The Kier molecular flexibility index (Phi) is 7.91. The van der Waals surface area contributed by atoms with E-state index in [9.17, 15) is 10.1 Å². The summed E-state index contributed by atoms with van der Waals surface area (Å²) in [5, 5.41) is 12.6. The Hall–Kier alpha value is -1.81. The molecule has 0 spiro atoms. The van der Waals surface area contributed by atoms with Crippen LogP contribution in [0.3, 0.4) is 0 Å². The number of hydrogen-bond donors (Lipinski definition) is 1. The summed E-state index contributed by atoms with van der Waals surface area (Å²) < 4.78 is 7.26. The highest BCUT2D eigenvalue weighted by atomic mass is 79.9. The third-order valence-electron chi connectivity index (χ3n) is 3.45. The summed E-state index contributed by atoms with van der Waals surface area (Å²) in [7, 11) is 0. The number of benzene rings is 2. The summed E-state index contributed by atoms with van der Waals surface area (Å²) in [6.07, 6.45) is 1.53. The van der Waals surface area contributed by atoms with Crippen molar-refractivity contribution in [1.82, 2.24) is 5.32 Å². The minimum atomic E-state index is -0.404. The van der Waals surface area contributed by atoms with E-state index in [4.69, 9.17) is 16.3 Å². The van der Waals surface area contributed by atoms with Gasteiger partial charge in [0.1, 0.15) is 24.0 Å². The molecule has 140 valence electrons. The van der Waals surface area contributed by atoms with Crippen molar-refractivity contribution < 1.29 is 9.53 Å². The lowest BCUT2D eigenvalue weighted by Gasteiger charge is -2.12. The maximum atomic E-state index is 12.1. The molecule has 0 atom stereocenters. The molecular formula is C20H17Br2ClN2O2. The van der Waals surface area contributed by atoms with Crippen LogP contribution in [0.5, 0.6) is 5.75 Å². The second kappa shape index (κ2) is 9.93. The fraction of sp³-hybridized carbons (Fsp3) is 0.200. The number of hydrogen-bond acceptors (Lipinski definition) is 3. The van der Waals surface area contributed by atoms with E-state index >= 15 is 0 Å². The summed E-state index contributed by atoms with van der Waals surface area (Å²) in [5.74, 6) is 0.205. The van der Waals surface area contributed by atoms with Gasteiger partial charge in [-0.3, -0.25) is 4.79 Å². The molecule has 0 aliphatic heterocycles. The van der Waals surface area contributed by atoms with E-state index in [1.165, 1.54) is 6.08 Å². The van der Waals surface area contributed by atoms with E-state index in [0.717, 1.165) is 5.56 Å². The van der Waals surface area contributed by atoms with Crippen molar-refractivity contribution in [2.75, 3.05) is 0 Å². The lowest BCUT2D eigenvalue weighted by Crippen LogP contribution is -2.30. The number of ether oxygens (including phenoxy) is 1. The van der Waals surface area contributed by atoms with Gasteiger partial charge < -0.3 is 10.1 Å². The van der Waals surface area contributed by atoms with Gasteiger partial charge in [-0.15, -0.1) is 0 Å². The van der Waals surface area contributed by atoms with E-state index in [0.29, 0.717) is 31.9 Å². The SMILES string of the molecule is CC(C)NC(=O)/C(C#N)=C\c1cc(Br)c(OCc2ccccc2Cl)c(Br)c1. The maximum absolute atomic E-state index is 12.1. The molecule has 2 aromatic rings. The Balaban J connectivity index is 2.23. The Morgan fingerprint density at radius 3 is 2.48 bits per heavy atom. The molecule has 27 heavy (non-hydrogen) atoms. The van der Waals surface area contributed by atoms with Crippen LogP contribution in [0.4, 0.5) is 0 Å². The van der Waals surface area contributed by atoms with Gasteiger partial charge in [-0.25, -0.2) is 0 Å². The number of nitriles is 1. The van der Waals surface area contributed by atoms with Crippen molar-refractivity contribution in [2.24, 2.45) is 0 Å². The molecule has 0 saturated heterocycles. The molecule has 0 aliphatic carbocycles. The number of rotatable bonds is 6. The quantitative estimate of drug-likeness (QED) is 0.389. The normalized spacial score (nSPS) is 11.2. The number of carbonyl (C=O) groups excluding carboxylic acids is 1. The molecule has 0 aromatic heterocycles. The van der Waals surface area contributed by atoms with Gasteiger partial charge in [0, 0.05) is 16.6 Å². The molecule has 0 heterocycles. The maximum Gasteiger partial charge on any atom is 0.262 e. The molecule has 1 N–H and O–H groups in total. The van der Waals surface area contributed by atoms with Crippen molar-refractivity contribution >= 4 is 55.4 Å². The summed E-state index contributed by atoms with van der Waals surface area (Å²) in [4.78, 5) is 12.1. The van der Waals surface area contributed by atoms with Crippen molar-refractivity contribution in [2.45, 2.75) is 26.5 Å². The molecule has 2 rings (SSSR count). The Bertz CT molecular complexity index is 897. The zero-order valence-corrected chi connectivity index (χ0v) is 18.7. The second-order valence-corrected chi connectivity index (χ2v) is 8.11. The first-order valence-corrected chi connectivity index (χ1v) is 10.1. The monoisotopic (exact) mass is 510 g/mol. The van der Waals surface area contributed by atoms with Crippen LogP contribution in [0.1, 0.15) is 25.0 Å². The minimum absolute atomic E-state index is 0.0345. The van der Waals surface area contributed by atoms with Crippen molar-refractivity contribution in [3.63, 3.8) is 0 Å². The average Bonchev–Trinajstić information content (AvgIpc) is 2.59. The second-order valence-electron chi connectivity index (χ2n) is 5.99. The predicted molar refractivity (Wildman–Crippen MR) is 114 cm³/mol. The van der Waals surface area contributed by atoms with Crippen molar-refractivity contribution in [1.29, 1.82) is 5.26 Å². The largest absolute Gasteiger partial charge is 0.486 e. The summed E-state index contributed by atoms with van der Waals surface area (Å²) >= 11 is 13.1. The van der Waals surface area contributed by atoms with Gasteiger partial charge in [-0.2, -0.15) is 5.26 Å². The van der Waals surface area contributed by atoms with E-state index in [2.05, 4.69) is 37.2 Å². The van der Waals surface area contributed by atoms with Gasteiger partial charge in [-0.1, -0.05) is 29.8 Å². The summed E-state index contributed by atoms with van der Waals surface area (Å²) in [6.45, 7) is 3.99. The van der Waals surface area contributed by atoms with Gasteiger partial charge in [0.25, 0.3) is 5.91 Å². The van der Waals surface area contributed by atoms with Crippen LogP contribution in [0.15, 0.2) is 50.9 Å². The third-order valence-corrected chi connectivity index (χ3v) is 4.99. The minimum Gasteiger partial charge on any atom is -0.486 e. The van der Waals surface area contributed by atoms with Gasteiger partial charge in [-0.05, 0) is 75.5 Å². The molecular weight excluding hydrogens is 495 g/mol. The molecule has 0 unspecified atom stereocenters. The highest BCUT2D eigenvalue weighted by Crippen LogP contribution is 2.36. The first kappa shape index (κ1) is 21.5. The molecule has 0 fully saturated rings. The van der Waals surface area contributed by atoms with Crippen molar-refractivity contribution in [3.05, 3.63) is 67.1 Å². The van der Waals surface area contributed by atoms with Crippen LogP contribution >= 0.6 is 43.5 Å². The lowest BCUT2D eigenvalue weighted by atomic mass is 10.1. The Morgan fingerprint density at radius 1 is 1.30 bits per heavy atom. The first-order valence-electron chi connectivity index (χ1n) is 8.09. The molecule has 0 bridgehead atoms. The van der Waals surface area contributed by atoms with Gasteiger partial charge >= 0.3 is 0 Å². The number of amides is 1. The molecule has 0 aliphatic rings. The molecule has 0 radical (unpaired) electrons. The lowest BCUT2D eigenvalue weighted by molar-refractivity contribution is -0.117. The topological polar surface area (TPSA) is 62.1 Å². The van der Waals surface area contributed by atoms with Crippen LogP contribution in [-0.4, -0.2) is 11.9 Å². The Labute approximate surface area is 180 Å². The highest BCUT2D eigenvalue weighted by Gasteiger charge is 2.13. The number of nitrogens with zero attached hydrogens (tertiary/aromatic N) is 1. The van der Waals surface area contributed by atoms with Crippen LogP contribution in [0.2, 0.25) is 5.02 Å². The zero-order chi connectivity index (χ0) is 20.0. The number of carbonyl (C=O) groups is 1.